The normalized spacial score (nSPS) is 10.5. The lowest BCUT2D eigenvalue weighted by molar-refractivity contribution is 0.383. The zero-order valence-electron chi connectivity index (χ0n) is 7.94. The Labute approximate surface area is 90.5 Å². The van der Waals surface area contributed by atoms with Crippen molar-refractivity contribution >= 4 is 17.4 Å². The van der Waals surface area contributed by atoms with Gasteiger partial charge in [0.2, 0.25) is 11.7 Å². The number of hydrogen-bond donors (Lipinski definition) is 1. The Morgan fingerprint density at radius 2 is 2.27 bits per heavy atom. The largest absolute Gasteiger partial charge is 0.383 e. The summed E-state index contributed by atoms with van der Waals surface area (Å²) in [5, 5.41) is 3.96. The van der Waals surface area contributed by atoms with Crippen LogP contribution in [0.25, 0.3) is 11.4 Å². The number of halogens is 1. The van der Waals surface area contributed by atoms with E-state index >= 15 is 0 Å². The minimum atomic E-state index is 0.214. The zero-order chi connectivity index (χ0) is 10.8. The Morgan fingerprint density at radius 1 is 1.47 bits per heavy atom. The van der Waals surface area contributed by atoms with Gasteiger partial charge in [-0.3, -0.25) is 0 Å². The fourth-order valence-electron chi connectivity index (χ4n) is 1.08. The molecule has 0 fully saturated rings. The van der Waals surface area contributed by atoms with Crippen molar-refractivity contribution in [3.63, 3.8) is 0 Å². The molecule has 0 aliphatic rings. The molecule has 15 heavy (non-hydrogen) atoms. The SMILES string of the molecule is CCc1nc(-c2c(N)ncnc2Cl)no1. The summed E-state index contributed by atoms with van der Waals surface area (Å²) in [4.78, 5) is 11.7. The first-order valence-corrected chi connectivity index (χ1v) is 4.69. The van der Waals surface area contributed by atoms with Crippen LogP contribution >= 0.6 is 11.6 Å². The van der Waals surface area contributed by atoms with E-state index < -0.39 is 0 Å². The van der Waals surface area contributed by atoms with Crippen LogP contribution in [0.1, 0.15) is 12.8 Å². The molecule has 0 atom stereocenters. The van der Waals surface area contributed by atoms with Crippen molar-refractivity contribution in [3.8, 4) is 11.4 Å². The highest BCUT2D eigenvalue weighted by molar-refractivity contribution is 6.32. The van der Waals surface area contributed by atoms with Gasteiger partial charge < -0.3 is 10.3 Å². The maximum Gasteiger partial charge on any atom is 0.226 e. The monoisotopic (exact) mass is 225 g/mol. The quantitative estimate of drug-likeness (QED) is 0.776. The highest BCUT2D eigenvalue weighted by Gasteiger charge is 2.15. The standard InChI is InChI=1S/C8H8ClN5O/c1-2-4-13-8(14-15-4)5-6(9)11-3-12-7(5)10/h3H,2H2,1H3,(H2,10,11,12). The Bertz CT molecular complexity index is 463. The van der Waals surface area contributed by atoms with Crippen LogP contribution in [0.3, 0.4) is 0 Å². The van der Waals surface area contributed by atoms with Gasteiger partial charge in [0.15, 0.2) is 0 Å². The number of aryl methyl sites for hydroxylation is 1. The van der Waals surface area contributed by atoms with Gasteiger partial charge >= 0.3 is 0 Å². The summed E-state index contributed by atoms with van der Waals surface area (Å²) in [6.45, 7) is 1.91. The molecule has 0 bridgehead atoms. The van der Waals surface area contributed by atoms with Gasteiger partial charge in [0, 0.05) is 6.42 Å². The molecule has 0 unspecified atom stereocenters. The molecule has 2 rings (SSSR count). The van der Waals surface area contributed by atoms with E-state index in [0.717, 1.165) is 0 Å². The first-order valence-electron chi connectivity index (χ1n) is 4.31. The Kier molecular flexibility index (Phi) is 2.51. The molecule has 7 heteroatoms. The molecule has 0 saturated carbocycles. The number of rotatable bonds is 2. The minimum absolute atomic E-state index is 0.214. The number of anilines is 1. The highest BCUT2D eigenvalue weighted by atomic mass is 35.5. The lowest BCUT2D eigenvalue weighted by Crippen LogP contribution is -1.97. The summed E-state index contributed by atoms with van der Waals surface area (Å²) in [6.07, 6.45) is 1.93. The van der Waals surface area contributed by atoms with Gasteiger partial charge in [-0.05, 0) is 0 Å². The average molecular weight is 226 g/mol. The first-order chi connectivity index (χ1) is 7.22. The lowest BCUT2D eigenvalue weighted by Gasteiger charge is -1.99. The molecule has 2 N–H and O–H groups in total. The van der Waals surface area contributed by atoms with Crippen molar-refractivity contribution in [3.05, 3.63) is 17.4 Å². The molecule has 0 spiro atoms. The predicted octanol–water partition coefficient (Wildman–Crippen LogP) is 1.32. The van der Waals surface area contributed by atoms with Gasteiger partial charge in [0.25, 0.3) is 0 Å². The molecule has 0 aliphatic carbocycles. The van der Waals surface area contributed by atoms with Gasteiger partial charge in [-0.1, -0.05) is 23.7 Å². The van der Waals surface area contributed by atoms with E-state index in [1.165, 1.54) is 6.33 Å². The maximum absolute atomic E-state index is 5.86. The van der Waals surface area contributed by atoms with E-state index in [0.29, 0.717) is 23.7 Å². The molecule has 0 saturated heterocycles. The Hall–Kier alpha value is -1.69. The molecular weight excluding hydrogens is 218 g/mol. The fourth-order valence-corrected chi connectivity index (χ4v) is 1.31. The molecule has 2 aromatic heterocycles. The summed E-state index contributed by atoms with van der Waals surface area (Å²) < 4.78 is 4.95. The topological polar surface area (TPSA) is 90.7 Å². The second-order valence-electron chi connectivity index (χ2n) is 2.79. The summed E-state index contributed by atoms with van der Waals surface area (Å²) in [5.74, 6) is 1.07. The Morgan fingerprint density at radius 3 is 2.87 bits per heavy atom. The number of nitrogen functional groups attached to an aromatic ring is 1. The molecule has 2 heterocycles. The van der Waals surface area contributed by atoms with Gasteiger partial charge in [0.05, 0.1) is 0 Å². The van der Waals surface area contributed by atoms with Crippen LogP contribution < -0.4 is 5.73 Å². The van der Waals surface area contributed by atoms with Gasteiger partial charge in [-0.2, -0.15) is 4.98 Å². The molecule has 78 valence electrons. The maximum atomic E-state index is 5.86. The van der Waals surface area contributed by atoms with Crippen LogP contribution in [0, 0.1) is 0 Å². The number of nitrogens with zero attached hydrogens (tertiary/aromatic N) is 4. The third-order valence-corrected chi connectivity index (χ3v) is 2.11. The van der Waals surface area contributed by atoms with Gasteiger partial charge in [-0.15, -0.1) is 0 Å². The van der Waals surface area contributed by atoms with E-state index in [2.05, 4.69) is 20.1 Å². The summed E-state index contributed by atoms with van der Waals surface area (Å²) >= 11 is 5.86. The summed E-state index contributed by atoms with van der Waals surface area (Å²) in [6, 6.07) is 0. The van der Waals surface area contributed by atoms with Crippen molar-refractivity contribution < 1.29 is 4.52 Å². The summed E-state index contributed by atoms with van der Waals surface area (Å²) in [7, 11) is 0. The molecule has 0 aromatic carbocycles. The van der Waals surface area contributed by atoms with Crippen LogP contribution in [0.4, 0.5) is 5.82 Å². The third-order valence-electron chi connectivity index (χ3n) is 1.82. The number of hydrogen-bond acceptors (Lipinski definition) is 6. The molecule has 0 amide bonds. The first kappa shape index (κ1) is 9.85. The fraction of sp³-hybridized carbons (Fsp3) is 0.250. The number of aromatic nitrogens is 4. The van der Waals surface area contributed by atoms with Crippen molar-refractivity contribution in [2.75, 3.05) is 5.73 Å². The van der Waals surface area contributed by atoms with E-state index in [1.807, 2.05) is 6.92 Å². The predicted molar refractivity (Wildman–Crippen MR) is 54.1 cm³/mol. The van der Waals surface area contributed by atoms with Crippen molar-refractivity contribution in [2.24, 2.45) is 0 Å². The molecule has 0 aliphatic heterocycles. The zero-order valence-corrected chi connectivity index (χ0v) is 8.69. The smallest absolute Gasteiger partial charge is 0.226 e. The molecular formula is C8H8ClN5O. The van der Waals surface area contributed by atoms with Crippen LogP contribution in [0.15, 0.2) is 10.9 Å². The van der Waals surface area contributed by atoms with E-state index in [9.17, 15) is 0 Å². The van der Waals surface area contributed by atoms with Crippen LogP contribution in [-0.4, -0.2) is 20.1 Å². The van der Waals surface area contributed by atoms with E-state index in [-0.39, 0.29) is 11.0 Å². The third kappa shape index (κ3) is 1.75. The van der Waals surface area contributed by atoms with E-state index in [1.54, 1.807) is 0 Å². The molecule has 6 nitrogen and oxygen atoms in total. The minimum Gasteiger partial charge on any atom is -0.383 e. The van der Waals surface area contributed by atoms with Gasteiger partial charge in [0.1, 0.15) is 22.9 Å². The second-order valence-corrected chi connectivity index (χ2v) is 3.15. The van der Waals surface area contributed by atoms with Crippen LogP contribution in [0.2, 0.25) is 5.15 Å². The van der Waals surface area contributed by atoms with Crippen molar-refractivity contribution in [1.29, 1.82) is 0 Å². The Balaban J connectivity index is 2.53. The number of nitrogens with two attached hydrogens (primary N) is 1. The summed E-state index contributed by atoms with van der Waals surface area (Å²) in [5.41, 5.74) is 6.05. The lowest BCUT2D eigenvalue weighted by atomic mass is 10.3. The molecule has 2 aromatic rings. The molecule has 0 radical (unpaired) electrons. The van der Waals surface area contributed by atoms with Crippen LogP contribution in [-0.2, 0) is 6.42 Å². The highest BCUT2D eigenvalue weighted by Crippen LogP contribution is 2.27. The van der Waals surface area contributed by atoms with Crippen molar-refractivity contribution in [2.45, 2.75) is 13.3 Å². The van der Waals surface area contributed by atoms with Crippen molar-refractivity contribution in [1.82, 2.24) is 20.1 Å². The van der Waals surface area contributed by atoms with E-state index in [4.69, 9.17) is 21.9 Å². The second kappa shape index (κ2) is 3.82. The van der Waals surface area contributed by atoms with Gasteiger partial charge in [-0.25, -0.2) is 9.97 Å². The average Bonchev–Trinajstić information content (AvgIpc) is 2.66. The van der Waals surface area contributed by atoms with Crippen LogP contribution in [0.5, 0.6) is 0 Å².